The molecule has 1 rings (SSSR count). The highest BCUT2D eigenvalue weighted by Crippen LogP contribution is 2.39. The van der Waals surface area contributed by atoms with Crippen molar-refractivity contribution in [3.05, 3.63) is 12.2 Å². The first-order valence-corrected chi connectivity index (χ1v) is 6.76. The maximum Gasteiger partial charge on any atom is 0.453 e. The lowest BCUT2D eigenvalue weighted by Gasteiger charge is -2.19. The molecule has 0 saturated carbocycles. The topological polar surface area (TPSA) is 40.5 Å². The van der Waals surface area contributed by atoms with Crippen molar-refractivity contribution in [2.75, 3.05) is 6.54 Å². The number of carbonyl (C=O) groups is 1. The molecule has 0 unspecified atom stereocenters. The molecule has 0 aromatic heterocycles. The zero-order valence-electron chi connectivity index (χ0n) is 11.4. The highest BCUT2D eigenvalue weighted by atomic mass is 19.4. The Morgan fingerprint density at radius 1 is 1.24 bits per heavy atom. The summed E-state index contributed by atoms with van der Waals surface area (Å²) < 4.78 is 60.9. The molecule has 0 aliphatic carbocycles. The number of carboxylic acid groups (broad SMARTS) is 1. The van der Waals surface area contributed by atoms with Crippen molar-refractivity contribution < 1.29 is 31.9 Å². The van der Waals surface area contributed by atoms with Crippen molar-refractivity contribution in [2.45, 2.75) is 56.7 Å². The van der Waals surface area contributed by atoms with Gasteiger partial charge in [0.2, 0.25) is 0 Å². The van der Waals surface area contributed by atoms with Crippen LogP contribution in [0.25, 0.3) is 0 Å². The summed E-state index contributed by atoms with van der Waals surface area (Å²) in [6.07, 6.45) is -2.57. The summed E-state index contributed by atoms with van der Waals surface area (Å²) in [5, 5.41) is 8.89. The van der Waals surface area contributed by atoms with Crippen LogP contribution in [0.3, 0.4) is 0 Å². The van der Waals surface area contributed by atoms with Crippen molar-refractivity contribution in [1.82, 2.24) is 4.90 Å². The minimum Gasteiger partial charge on any atom is -0.465 e. The maximum absolute atomic E-state index is 12.6. The van der Waals surface area contributed by atoms with E-state index in [9.17, 15) is 26.7 Å². The van der Waals surface area contributed by atoms with Crippen LogP contribution < -0.4 is 0 Å². The molecule has 1 N–H and O–H groups in total. The van der Waals surface area contributed by atoms with Gasteiger partial charge in [0, 0.05) is 13.0 Å². The Morgan fingerprint density at radius 2 is 1.90 bits per heavy atom. The van der Waals surface area contributed by atoms with Gasteiger partial charge in [0.1, 0.15) is 0 Å². The fraction of sp³-hybridized carbons (Fsp3) is 0.769. The van der Waals surface area contributed by atoms with Crippen molar-refractivity contribution in [2.24, 2.45) is 0 Å². The number of likely N-dealkylation sites (tertiary alicyclic amines) is 1. The summed E-state index contributed by atoms with van der Waals surface area (Å²) >= 11 is 0. The summed E-state index contributed by atoms with van der Waals surface area (Å²) in [7, 11) is 0. The van der Waals surface area contributed by atoms with Crippen LogP contribution in [0.2, 0.25) is 0 Å². The van der Waals surface area contributed by atoms with Crippen molar-refractivity contribution >= 4 is 6.09 Å². The molecule has 0 aromatic rings. The largest absolute Gasteiger partial charge is 0.465 e. The number of alkyl halides is 5. The Labute approximate surface area is 119 Å². The lowest BCUT2D eigenvalue weighted by atomic mass is 10.1. The molecule has 0 spiro atoms. The van der Waals surface area contributed by atoms with E-state index in [1.54, 1.807) is 12.2 Å². The van der Waals surface area contributed by atoms with Gasteiger partial charge in [-0.05, 0) is 32.1 Å². The van der Waals surface area contributed by atoms with Crippen LogP contribution in [0.4, 0.5) is 26.7 Å². The van der Waals surface area contributed by atoms with Crippen LogP contribution in [-0.2, 0) is 0 Å². The lowest BCUT2D eigenvalue weighted by Crippen LogP contribution is -2.36. The number of halogens is 5. The number of hydrogen-bond acceptors (Lipinski definition) is 1. The third-order valence-electron chi connectivity index (χ3n) is 3.43. The van der Waals surface area contributed by atoms with Gasteiger partial charge in [0.15, 0.2) is 0 Å². The third-order valence-corrected chi connectivity index (χ3v) is 3.43. The molecular formula is C13H18F5NO2. The molecule has 21 heavy (non-hydrogen) atoms. The van der Waals surface area contributed by atoms with E-state index in [2.05, 4.69) is 0 Å². The van der Waals surface area contributed by atoms with Crippen LogP contribution in [-0.4, -0.2) is 40.8 Å². The average molecular weight is 315 g/mol. The second kappa shape index (κ2) is 7.09. The van der Waals surface area contributed by atoms with Crippen LogP contribution in [0.1, 0.15) is 38.5 Å². The van der Waals surface area contributed by atoms with Crippen molar-refractivity contribution in [1.29, 1.82) is 0 Å². The second-order valence-corrected chi connectivity index (χ2v) is 5.06. The fourth-order valence-corrected chi connectivity index (χ4v) is 2.23. The van der Waals surface area contributed by atoms with Gasteiger partial charge < -0.3 is 10.0 Å². The quantitative estimate of drug-likeness (QED) is 0.447. The monoisotopic (exact) mass is 315 g/mol. The van der Waals surface area contributed by atoms with E-state index in [1.807, 2.05) is 0 Å². The molecule has 1 fully saturated rings. The van der Waals surface area contributed by atoms with Crippen LogP contribution >= 0.6 is 0 Å². The first-order chi connectivity index (χ1) is 9.65. The zero-order chi connectivity index (χ0) is 16.1. The maximum atomic E-state index is 12.6. The lowest BCUT2D eigenvalue weighted by molar-refractivity contribution is -0.284. The Hall–Kier alpha value is -1.34. The van der Waals surface area contributed by atoms with E-state index < -0.39 is 24.6 Å². The molecule has 1 atom stereocenters. The summed E-state index contributed by atoms with van der Waals surface area (Å²) in [5.41, 5.74) is 0. The molecule has 1 heterocycles. The minimum atomic E-state index is -5.49. The second-order valence-electron chi connectivity index (χ2n) is 5.06. The molecular weight excluding hydrogens is 297 g/mol. The average Bonchev–Trinajstić information content (AvgIpc) is 2.80. The highest BCUT2D eigenvalue weighted by molar-refractivity contribution is 5.66. The Kier molecular flexibility index (Phi) is 5.98. The first-order valence-electron chi connectivity index (χ1n) is 6.76. The summed E-state index contributed by atoms with van der Waals surface area (Å²) in [6, 6.07) is -0.223. The SMILES string of the molecule is O=C(O)N1CCC[C@H]1/C=C\CCCCC(F)(F)C(F)(F)F. The molecule has 0 radical (unpaired) electrons. The number of hydrogen-bond donors (Lipinski definition) is 1. The fourth-order valence-electron chi connectivity index (χ4n) is 2.23. The van der Waals surface area contributed by atoms with Crippen LogP contribution in [0, 0.1) is 0 Å². The van der Waals surface area contributed by atoms with Gasteiger partial charge in [0.25, 0.3) is 0 Å². The van der Waals surface area contributed by atoms with Gasteiger partial charge in [-0.1, -0.05) is 12.2 Å². The molecule has 0 aromatic carbocycles. The van der Waals surface area contributed by atoms with Gasteiger partial charge >= 0.3 is 18.2 Å². The van der Waals surface area contributed by atoms with Crippen molar-refractivity contribution in [3.63, 3.8) is 0 Å². The van der Waals surface area contributed by atoms with Crippen LogP contribution in [0.15, 0.2) is 12.2 Å². The molecule has 8 heteroatoms. The highest BCUT2D eigenvalue weighted by Gasteiger charge is 2.56. The van der Waals surface area contributed by atoms with E-state index in [-0.39, 0.29) is 18.9 Å². The number of nitrogens with zero attached hydrogens (tertiary/aromatic N) is 1. The van der Waals surface area contributed by atoms with Gasteiger partial charge in [-0.3, -0.25) is 0 Å². The third kappa shape index (κ3) is 5.17. The van der Waals surface area contributed by atoms with Gasteiger partial charge in [-0.15, -0.1) is 0 Å². The normalized spacial score (nSPS) is 20.4. The predicted molar refractivity (Wildman–Crippen MR) is 66.4 cm³/mol. The zero-order valence-corrected chi connectivity index (χ0v) is 11.4. The van der Waals surface area contributed by atoms with Crippen LogP contribution in [0.5, 0.6) is 0 Å². The Balaban J connectivity index is 2.25. The van der Waals surface area contributed by atoms with Gasteiger partial charge in [0.05, 0.1) is 6.04 Å². The van der Waals surface area contributed by atoms with E-state index >= 15 is 0 Å². The number of allylic oxidation sites excluding steroid dienone is 1. The molecule has 1 aliphatic rings. The molecule has 3 nitrogen and oxygen atoms in total. The number of amides is 1. The summed E-state index contributed by atoms with van der Waals surface area (Å²) in [6.45, 7) is 0.460. The molecule has 0 bridgehead atoms. The number of rotatable bonds is 6. The Bertz CT molecular complexity index is 381. The Morgan fingerprint density at radius 3 is 2.48 bits per heavy atom. The smallest absolute Gasteiger partial charge is 0.453 e. The number of unbranched alkanes of at least 4 members (excludes halogenated alkanes) is 2. The van der Waals surface area contributed by atoms with Crippen molar-refractivity contribution in [3.8, 4) is 0 Å². The van der Waals surface area contributed by atoms with E-state index in [0.29, 0.717) is 19.4 Å². The first kappa shape index (κ1) is 17.7. The van der Waals surface area contributed by atoms with E-state index in [0.717, 1.165) is 6.42 Å². The van der Waals surface area contributed by atoms with Gasteiger partial charge in [-0.25, -0.2) is 4.79 Å². The molecule has 1 amide bonds. The molecule has 1 aliphatic heterocycles. The van der Waals surface area contributed by atoms with Gasteiger partial charge in [-0.2, -0.15) is 22.0 Å². The van der Waals surface area contributed by atoms with E-state index in [4.69, 9.17) is 5.11 Å². The predicted octanol–water partition coefficient (Wildman–Crippen LogP) is 4.44. The summed E-state index contributed by atoms with van der Waals surface area (Å²) in [4.78, 5) is 12.1. The standard InChI is InChI=1S/C13H18F5NO2/c14-12(15,13(16,17)18)8-4-2-1-3-6-10-7-5-9-19(10)11(20)21/h3,6,10H,1-2,4-5,7-9H2,(H,20,21)/b6-3-/t10-/m1/s1. The minimum absolute atomic E-state index is 0.210. The molecule has 122 valence electrons. The summed E-state index contributed by atoms with van der Waals surface area (Å²) in [5.74, 6) is -4.64. The van der Waals surface area contributed by atoms with E-state index in [1.165, 1.54) is 4.90 Å². The molecule has 1 saturated heterocycles.